The molecule has 0 aliphatic carbocycles. The summed E-state index contributed by atoms with van der Waals surface area (Å²) in [5, 5.41) is 9.33. The number of piperidine rings is 2. The Hall–Kier alpha value is -0.210. The Morgan fingerprint density at radius 3 is 2.50 bits per heavy atom. The van der Waals surface area contributed by atoms with E-state index in [2.05, 4.69) is 16.7 Å². The molecule has 7 heteroatoms. The van der Waals surface area contributed by atoms with Gasteiger partial charge in [0.1, 0.15) is 0 Å². The fraction of sp³-hybridized carbons (Fsp3) is 1.00. The quantitative estimate of drug-likeness (QED) is 0.750. The molecule has 0 amide bonds. The molecule has 1 atom stereocenters. The second-order valence-electron chi connectivity index (χ2n) is 6.04. The molecular formula is C13H27N3O3S. The summed E-state index contributed by atoms with van der Waals surface area (Å²) >= 11 is 0. The van der Waals surface area contributed by atoms with Crippen molar-refractivity contribution in [2.45, 2.75) is 38.1 Å². The highest BCUT2D eigenvalue weighted by Crippen LogP contribution is 2.20. The summed E-state index contributed by atoms with van der Waals surface area (Å²) in [6, 6.07) is -0.251. The Morgan fingerprint density at radius 1 is 1.15 bits per heavy atom. The third-order valence-corrected chi connectivity index (χ3v) is 6.11. The molecule has 2 saturated heterocycles. The van der Waals surface area contributed by atoms with E-state index in [1.54, 1.807) is 0 Å². The molecule has 0 radical (unpaired) electrons. The molecule has 118 valence electrons. The fourth-order valence-corrected chi connectivity index (χ4v) is 4.59. The average molecular weight is 305 g/mol. The van der Waals surface area contributed by atoms with Gasteiger partial charge in [-0.25, -0.2) is 4.72 Å². The van der Waals surface area contributed by atoms with Crippen LogP contribution in [0.4, 0.5) is 0 Å². The molecule has 2 heterocycles. The Balaban J connectivity index is 1.86. The van der Waals surface area contributed by atoms with E-state index >= 15 is 0 Å². The Kier molecular flexibility index (Phi) is 5.80. The lowest BCUT2D eigenvalue weighted by Crippen LogP contribution is -2.51. The second kappa shape index (κ2) is 7.17. The van der Waals surface area contributed by atoms with Crippen LogP contribution in [0.15, 0.2) is 0 Å². The van der Waals surface area contributed by atoms with Crippen LogP contribution in [-0.4, -0.2) is 68.6 Å². The first-order valence-corrected chi connectivity index (χ1v) is 9.03. The Morgan fingerprint density at radius 2 is 1.85 bits per heavy atom. The van der Waals surface area contributed by atoms with Gasteiger partial charge in [-0.1, -0.05) is 6.42 Å². The predicted molar refractivity (Wildman–Crippen MR) is 78.6 cm³/mol. The molecule has 2 aliphatic heterocycles. The van der Waals surface area contributed by atoms with Gasteiger partial charge in [-0.3, -0.25) is 0 Å². The standard InChI is InChI=1S/C13H27N3O3S/c1-15-8-5-12(6-9-15)10-14-20(18,19)16-7-3-2-4-13(16)11-17/h12-14,17H,2-11H2,1H3. The molecule has 0 saturated carbocycles. The zero-order chi connectivity index (χ0) is 14.6. The molecule has 6 nitrogen and oxygen atoms in total. The second-order valence-corrected chi connectivity index (χ2v) is 7.75. The van der Waals surface area contributed by atoms with Gasteiger partial charge in [0.2, 0.25) is 0 Å². The normalized spacial score (nSPS) is 27.8. The summed E-state index contributed by atoms with van der Waals surface area (Å²) < 4.78 is 28.9. The van der Waals surface area contributed by atoms with Crippen LogP contribution >= 0.6 is 0 Å². The lowest BCUT2D eigenvalue weighted by atomic mass is 9.98. The molecule has 2 rings (SSSR count). The number of nitrogens with one attached hydrogen (secondary N) is 1. The molecule has 0 aromatic heterocycles. The van der Waals surface area contributed by atoms with Crippen LogP contribution in [0, 0.1) is 5.92 Å². The maximum atomic E-state index is 12.4. The first-order chi connectivity index (χ1) is 9.53. The third-order valence-electron chi connectivity index (χ3n) is 4.49. The molecule has 2 N–H and O–H groups in total. The van der Waals surface area contributed by atoms with Gasteiger partial charge in [-0.05, 0) is 51.7 Å². The highest BCUT2D eigenvalue weighted by Gasteiger charge is 2.32. The first-order valence-electron chi connectivity index (χ1n) is 7.59. The number of rotatable bonds is 5. The minimum atomic E-state index is -3.45. The van der Waals surface area contributed by atoms with Crippen molar-refractivity contribution in [3.8, 4) is 0 Å². The maximum absolute atomic E-state index is 12.4. The van der Waals surface area contributed by atoms with Gasteiger partial charge < -0.3 is 10.0 Å². The summed E-state index contributed by atoms with van der Waals surface area (Å²) in [6.07, 6.45) is 4.72. The van der Waals surface area contributed by atoms with Crippen molar-refractivity contribution in [3.63, 3.8) is 0 Å². The molecule has 1 unspecified atom stereocenters. The molecule has 2 fully saturated rings. The number of aliphatic hydroxyl groups excluding tert-OH is 1. The van der Waals surface area contributed by atoms with Crippen molar-refractivity contribution in [2.75, 3.05) is 39.8 Å². The maximum Gasteiger partial charge on any atom is 0.279 e. The first kappa shape index (κ1) is 16.2. The topological polar surface area (TPSA) is 72.9 Å². The van der Waals surface area contributed by atoms with Crippen molar-refractivity contribution in [1.82, 2.24) is 13.9 Å². The van der Waals surface area contributed by atoms with Gasteiger partial charge >= 0.3 is 0 Å². The van der Waals surface area contributed by atoms with E-state index in [-0.39, 0.29) is 12.6 Å². The van der Waals surface area contributed by atoms with E-state index in [4.69, 9.17) is 0 Å². The molecular weight excluding hydrogens is 278 g/mol. The van der Waals surface area contributed by atoms with Crippen molar-refractivity contribution in [1.29, 1.82) is 0 Å². The van der Waals surface area contributed by atoms with Crippen molar-refractivity contribution in [2.24, 2.45) is 5.92 Å². The predicted octanol–water partition coefficient (Wildman–Crippen LogP) is 0.00940. The number of likely N-dealkylation sites (tertiary alicyclic amines) is 1. The van der Waals surface area contributed by atoms with Crippen LogP contribution in [0.5, 0.6) is 0 Å². The average Bonchev–Trinajstić information content (AvgIpc) is 2.46. The lowest BCUT2D eigenvalue weighted by Gasteiger charge is -2.34. The summed E-state index contributed by atoms with van der Waals surface area (Å²) in [5.74, 6) is 0.429. The van der Waals surface area contributed by atoms with Crippen LogP contribution < -0.4 is 4.72 Å². The van der Waals surface area contributed by atoms with Crippen LogP contribution in [-0.2, 0) is 10.2 Å². The summed E-state index contributed by atoms with van der Waals surface area (Å²) in [7, 11) is -1.35. The van der Waals surface area contributed by atoms with E-state index < -0.39 is 10.2 Å². The number of hydrogen-bond donors (Lipinski definition) is 2. The van der Waals surface area contributed by atoms with Gasteiger partial charge in [0.25, 0.3) is 10.2 Å². The minimum Gasteiger partial charge on any atom is -0.395 e. The highest BCUT2D eigenvalue weighted by molar-refractivity contribution is 7.87. The molecule has 2 aliphatic rings. The molecule has 20 heavy (non-hydrogen) atoms. The van der Waals surface area contributed by atoms with Gasteiger partial charge in [0, 0.05) is 19.1 Å². The highest BCUT2D eigenvalue weighted by atomic mass is 32.2. The zero-order valence-corrected chi connectivity index (χ0v) is 13.1. The van der Waals surface area contributed by atoms with E-state index in [0.29, 0.717) is 19.0 Å². The zero-order valence-electron chi connectivity index (χ0n) is 12.3. The Bertz CT molecular complexity index is 394. The SMILES string of the molecule is CN1CCC(CNS(=O)(=O)N2CCCCC2CO)CC1. The van der Waals surface area contributed by atoms with Crippen LogP contribution in [0.2, 0.25) is 0 Å². The number of hydrogen-bond acceptors (Lipinski definition) is 4. The molecule has 0 bridgehead atoms. The van der Waals surface area contributed by atoms with Crippen molar-refractivity contribution < 1.29 is 13.5 Å². The van der Waals surface area contributed by atoms with E-state index in [1.807, 2.05) is 0 Å². The third kappa shape index (κ3) is 4.14. The van der Waals surface area contributed by atoms with Crippen LogP contribution in [0.3, 0.4) is 0 Å². The molecule has 0 aromatic carbocycles. The van der Waals surface area contributed by atoms with Gasteiger partial charge in [0.05, 0.1) is 6.61 Å². The van der Waals surface area contributed by atoms with Crippen molar-refractivity contribution in [3.05, 3.63) is 0 Å². The monoisotopic (exact) mass is 305 g/mol. The molecule has 0 spiro atoms. The van der Waals surface area contributed by atoms with E-state index in [1.165, 1.54) is 4.31 Å². The van der Waals surface area contributed by atoms with Gasteiger partial charge in [-0.2, -0.15) is 12.7 Å². The van der Waals surface area contributed by atoms with E-state index in [0.717, 1.165) is 45.2 Å². The molecule has 0 aromatic rings. The summed E-state index contributed by atoms with van der Waals surface area (Å²) in [6.45, 7) is 3.03. The van der Waals surface area contributed by atoms with Crippen molar-refractivity contribution >= 4 is 10.2 Å². The lowest BCUT2D eigenvalue weighted by molar-refractivity contribution is 0.153. The van der Waals surface area contributed by atoms with E-state index in [9.17, 15) is 13.5 Å². The minimum absolute atomic E-state index is 0.0882. The van der Waals surface area contributed by atoms with Gasteiger partial charge in [0.15, 0.2) is 0 Å². The van der Waals surface area contributed by atoms with Crippen LogP contribution in [0.1, 0.15) is 32.1 Å². The summed E-state index contributed by atoms with van der Waals surface area (Å²) in [5.41, 5.74) is 0. The Labute approximate surface area is 122 Å². The van der Waals surface area contributed by atoms with Crippen LogP contribution in [0.25, 0.3) is 0 Å². The summed E-state index contributed by atoms with van der Waals surface area (Å²) in [4.78, 5) is 2.28. The smallest absolute Gasteiger partial charge is 0.279 e. The fourth-order valence-electron chi connectivity index (χ4n) is 3.05. The van der Waals surface area contributed by atoms with Gasteiger partial charge in [-0.15, -0.1) is 0 Å². The largest absolute Gasteiger partial charge is 0.395 e. The number of nitrogens with zero attached hydrogens (tertiary/aromatic N) is 2. The number of aliphatic hydroxyl groups is 1.